The first-order valence-electron chi connectivity index (χ1n) is 6.85. The van der Waals surface area contributed by atoms with Crippen molar-refractivity contribution >= 4 is 6.03 Å². The monoisotopic (exact) mass is 301 g/mol. The molecule has 2 rings (SSSR count). The largest absolute Gasteiger partial charge is 0.497 e. The summed E-state index contributed by atoms with van der Waals surface area (Å²) in [4.78, 5) is 15.8. The highest BCUT2D eigenvalue weighted by Crippen LogP contribution is 2.11. The molecule has 0 aliphatic heterocycles. The zero-order valence-corrected chi connectivity index (χ0v) is 12.6. The fraction of sp³-hybridized carbons (Fsp3) is 0.250. The van der Waals surface area contributed by atoms with Gasteiger partial charge in [-0.05, 0) is 23.3 Å². The number of hydrogen-bond acceptors (Lipinski definition) is 4. The second kappa shape index (κ2) is 7.87. The third-order valence-electron chi connectivity index (χ3n) is 3.07. The van der Waals surface area contributed by atoms with Crippen molar-refractivity contribution in [3.05, 3.63) is 53.7 Å². The van der Waals surface area contributed by atoms with E-state index in [2.05, 4.69) is 15.6 Å². The van der Waals surface area contributed by atoms with Crippen molar-refractivity contribution < 1.29 is 14.3 Å². The van der Waals surface area contributed by atoms with E-state index in [1.54, 1.807) is 26.5 Å². The van der Waals surface area contributed by atoms with Crippen LogP contribution in [0.5, 0.6) is 11.6 Å². The van der Waals surface area contributed by atoms with Gasteiger partial charge in [0.1, 0.15) is 5.75 Å². The fourth-order valence-corrected chi connectivity index (χ4v) is 1.81. The molecule has 6 nitrogen and oxygen atoms in total. The van der Waals surface area contributed by atoms with Crippen LogP contribution in [0.1, 0.15) is 11.1 Å². The highest BCUT2D eigenvalue weighted by molar-refractivity contribution is 5.73. The van der Waals surface area contributed by atoms with Gasteiger partial charge in [0.2, 0.25) is 5.88 Å². The summed E-state index contributed by atoms with van der Waals surface area (Å²) >= 11 is 0. The number of aromatic nitrogens is 1. The van der Waals surface area contributed by atoms with Crippen molar-refractivity contribution in [1.82, 2.24) is 15.6 Å². The Bertz CT molecular complexity index is 544. The summed E-state index contributed by atoms with van der Waals surface area (Å²) in [5, 5.41) is 5.57. The van der Waals surface area contributed by atoms with E-state index in [1.807, 2.05) is 30.3 Å². The number of methoxy groups -OCH3 is 2. The number of hydrogen-bond donors (Lipinski definition) is 2. The molecule has 1 aromatic heterocycles. The topological polar surface area (TPSA) is 72.5 Å². The minimum atomic E-state index is -0.230. The van der Waals surface area contributed by atoms with Crippen molar-refractivity contribution in [3.63, 3.8) is 0 Å². The lowest BCUT2D eigenvalue weighted by Crippen LogP contribution is -2.34. The lowest BCUT2D eigenvalue weighted by atomic mass is 10.2. The maximum atomic E-state index is 11.7. The molecule has 2 aromatic rings. The standard InChI is InChI=1S/C16H19N3O3/c1-21-14-6-3-12(4-7-14)9-18-16(20)19-11-13-5-8-15(22-2)17-10-13/h3-8,10H,9,11H2,1-2H3,(H2,18,19,20). The Labute approximate surface area is 129 Å². The van der Waals surface area contributed by atoms with E-state index in [0.717, 1.165) is 16.9 Å². The Morgan fingerprint density at radius 2 is 1.59 bits per heavy atom. The van der Waals surface area contributed by atoms with Gasteiger partial charge in [-0.2, -0.15) is 0 Å². The SMILES string of the molecule is COc1ccc(CNC(=O)NCc2ccc(OC)nc2)cc1. The maximum Gasteiger partial charge on any atom is 0.315 e. The molecule has 0 saturated heterocycles. The van der Waals surface area contributed by atoms with Gasteiger partial charge in [0, 0.05) is 25.4 Å². The van der Waals surface area contributed by atoms with Crippen LogP contribution >= 0.6 is 0 Å². The molecule has 0 aliphatic carbocycles. The van der Waals surface area contributed by atoms with E-state index >= 15 is 0 Å². The molecular formula is C16H19N3O3. The fourth-order valence-electron chi connectivity index (χ4n) is 1.81. The van der Waals surface area contributed by atoms with Crippen LogP contribution in [-0.4, -0.2) is 25.2 Å². The minimum Gasteiger partial charge on any atom is -0.497 e. The predicted octanol–water partition coefficient (Wildman–Crippen LogP) is 2.10. The molecule has 0 atom stereocenters. The summed E-state index contributed by atoms with van der Waals surface area (Å²) in [6.45, 7) is 0.863. The number of benzene rings is 1. The minimum absolute atomic E-state index is 0.230. The van der Waals surface area contributed by atoms with Gasteiger partial charge in [0.05, 0.1) is 14.2 Å². The van der Waals surface area contributed by atoms with Crippen LogP contribution in [0.4, 0.5) is 4.79 Å². The Morgan fingerprint density at radius 3 is 2.14 bits per heavy atom. The molecule has 0 fully saturated rings. The van der Waals surface area contributed by atoms with Gasteiger partial charge >= 0.3 is 6.03 Å². The predicted molar refractivity (Wildman–Crippen MR) is 82.9 cm³/mol. The van der Waals surface area contributed by atoms with Crippen LogP contribution < -0.4 is 20.1 Å². The zero-order chi connectivity index (χ0) is 15.8. The van der Waals surface area contributed by atoms with E-state index < -0.39 is 0 Å². The lowest BCUT2D eigenvalue weighted by Gasteiger charge is -2.08. The third kappa shape index (κ3) is 4.66. The Morgan fingerprint density at radius 1 is 0.955 bits per heavy atom. The molecule has 0 radical (unpaired) electrons. The highest BCUT2D eigenvalue weighted by Gasteiger charge is 2.02. The van der Waals surface area contributed by atoms with Gasteiger partial charge in [-0.15, -0.1) is 0 Å². The van der Waals surface area contributed by atoms with Gasteiger partial charge in [0.15, 0.2) is 0 Å². The number of carbonyl (C=O) groups is 1. The third-order valence-corrected chi connectivity index (χ3v) is 3.07. The Balaban J connectivity index is 1.74. The van der Waals surface area contributed by atoms with Crippen LogP contribution in [0.15, 0.2) is 42.6 Å². The molecule has 2 N–H and O–H groups in total. The van der Waals surface area contributed by atoms with Gasteiger partial charge in [-0.1, -0.05) is 18.2 Å². The van der Waals surface area contributed by atoms with Crippen LogP contribution in [0.25, 0.3) is 0 Å². The molecular weight excluding hydrogens is 282 g/mol. The average molecular weight is 301 g/mol. The molecule has 0 aliphatic rings. The summed E-state index contributed by atoms with van der Waals surface area (Å²) in [7, 11) is 3.18. The van der Waals surface area contributed by atoms with E-state index in [-0.39, 0.29) is 6.03 Å². The van der Waals surface area contributed by atoms with Crippen molar-refractivity contribution in [2.24, 2.45) is 0 Å². The highest BCUT2D eigenvalue weighted by atomic mass is 16.5. The van der Waals surface area contributed by atoms with Crippen LogP contribution in [-0.2, 0) is 13.1 Å². The van der Waals surface area contributed by atoms with E-state index in [1.165, 1.54) is 0 Å². The summed E-state index contributed by atoms with van der Waals surface area (Å²) < 4.78 is 10.1. The molecule has 6 heteroatoms. The smallest absolute Gasteiger partial charge is 0.315 e. The maximum absolute atomic E-state index is 11.7. The van der Waals surface area contributed by atoms with Gasteiger partial charge < -0.3 is 20.1 Å². The van der Waals surface area contributed by atoms with Gasteiger partial charge in [-0.3, -0.25) is 0 Å². The summed E-state index contributed by atoms with van der Waals surface area (Å²) in [6, 6.07) is 10.9. The number of nitrogens with one attached hydrogen (secondary N) is 2. The van der Waals surface area contributed by atoms with Crippen molar-refractivity contribution in [1.29, 1.82) is 0 Å². The van der Waals surface area contributed by atoms with Gasteiger partial charge in [-0.25, -0.2) is 9.78 Å². The molecule has 1 aromatic carbocycles. The molecule has 116 valence electrons. The summed E-state index contributed by atoms with van der Waals surface area (Å²) in [5.74, 6) is 1.34. The number of amides is 2. The number of urea groups is 1. The van der Waals surface area contributed by atoms with Crippen LogP contribution in [0.3, 0.4) is 0 Å². The molecule has 2 amide bonds. The number of nitrogens with zero attached hydrogens (tertiary/aromatic N) is 1. The summed E-state index contributed by atoms with van der Waals surface area (Å²) in [5.41, 5.74) is 1.91. The van der Waals surface area contributed by atoms with E-state index in [9.17, 15) is 4.79 Å². The summed E-state index contributed by atoms with van der Waals surface area (Å²) in [6.07, 6.45) is 1.67. The van der Waals surface area contributed by atoms with E-state index in [0.29, 0.717) is 19.0 Å². The zero-order valence-electron chi connectivity index (χ0n) is 12.6. The molecule has 0 saturated carbocycles. The second-order valence-electron chi connectivity index (χ2n) is 4.59. The van der Waals surface area contributed by atoms with Crippen molar-refractivity contribution in [2.75, 3.05) is 14.2 Å². The molecule has 1 heterocycles. The van der Waals surface area contributed by atoms with Crippen LogP contribution in [0, 0.1) is 0 Å². The molecule has 0 spiro atoms. The molecule has 0 bridgehead atoms. The lowest BCUT2D eigenvalue weighted by molar-refractivity contribution is 0.240. The number of rotatable bonds is 6. The van der Waals surface area contributed by atoms with Gasteiger partial charge in [0.25, 0.3) is 0 Å². The second-order valence-corrected chi connectivity index (χ2v) is 4.59. The Kier molecular flexibility index (Phi) is 5.59. The number of pyridine rings is 1. The Hall–Kier alpha value is -2.76. The first kappa shape index (κ1) is 15.6. The van der Waals surface area contributed by atoms with Crippen molar-refractivity contribution in [2.45, 2.75) is 13.1 Å². The van der Waals surface area contributed by atoms with Crippen molar-refractivity contribution in [3.8, 4) is 11.6 Å². The number of carbonyl (C=O) groups excluding carboxylic acids is 1. The first-order valence-corrected chi connectivity index (χ1v) is 6.85. The quantitative estimate of drug-likeness (QED) is 0.857. The molecule has 22 heavy (non-hydrogen) atoms. The molecule has 0 unspecified atom stereocenters. The number of ether oxygens (including phenoxy) is 2. The first-order chi connectivity index (χ1) is 10.7. The van der Waals surface area contributed by atoms with E-state index in [4.69, 9.17) is 9.47 Å². The normalized spacial score (nSPS) is 9.91. The van der Waals surface area contributed by atoms with Crippen LogP contribution in [0.2, 0.25) is 0 Å². The average Bonchev–Trinajstić information content (AvgIpc) is 2.59.